The first kappa shape index (κ1) is 15.6. The van der Waals surface area contributed by atoms with E-state index in [1.807, 2.05) is 12.1 Å². The molecule has 1 aliphatic heterocycles. The van der Waals surface area contributed by atoms with Gasteiger partial charge in [-0.1, -0.05) is 6.07 Å². The second-order valence-electron chi connectivity index (χ2n) is 5.28. The van der Waals surface area contributed by atoms with E-state index >= 15 is 0 Å². The number of benzene rings is 1. The number of piperidine rings is 1. The predicted octanol–water partition coefficient (Wildman–Crippen LogP) is 2.41. The second-order valence-corrected chi connectivity index (χ2v) is 5.28. The molecule has 116 valence electrons. The third kappa shape index (κ3) is 4.63. The largest absolute Gasteiger partial charge is 0.493 e. The molecule has 2 N–H and O–H groups in total. The van der Waals surface area contributed by atoms with E-state index in [0.717, 1.165) is 31.7 Å². The summed E-state index contributed by atoms with van der Waals surface area (Å²) in [4.78, 5) is 10.5. The molecule has 0 saturated carbocycles. The summed E-state index contributed by atoms with van der Waals surface area (Å²) in [7, 11) is 1.63. The van der Waals surface area contributed by atoms with Crippen LogP contribution in [0.3, 0.4) is 0 Å². The first-order chi connectivity index (χ1) is 10.2. The summed E-state index contributed by atoms with van der Waals surface area (Å²) in [6, 6.07) is 6.06. The SMILES string of the molecule is COc1cc(C2CCNCC2)ccc1OCCCC(=O)O. The Morgan fingerprint density at radius 1 is 1.33 bits per heavy atom. The van der Waals surface area contributed by atoms with E-state index in [9.17, 15) is 4.79 Å². The summed E-state index contributed by atoms with van der Waals surface area (Å²) in [5, 5.41) is 12.0. The molecule has 1 aliphatic rings. The standard InChI is InChI=1S/C16H23NO4/c1-20-15-11-13(12-6-8-17-9-7-12)4-5-14(15)21-10-2-3-16(18)19/h4-5,11-12,17H,2-3,6-10H2,1H3,(H,18,19). The van der Waals surface area contributed by atoms with Crippen molar-refractivity contribution in [1.82, 2.24) is 5.32 Å². The van der Waals surface area contributed by atoms with Gasteiger partial charge in [-0.3, -0.25) is 4.79 Å². The van der Waals surface area contributed by atoms with Gasteiger partial charge in [0.15, 0.2) is 11.5 Å². The minimum Gasteiger partial charge on any atom is -0.493 e. The molecule has 0 atom stereocenters. The van der Waals surface area contributed by atoms with Crippen molar-refractivity contribution >= 4 is 5.97 Å². The number of aliphatic carboxylic acids is 1. The summed E-state index contributed by atoms with van der Waals surface area (Å²) in [5.74, 6) is 1.18. The highest BCUT2D eigenvalue weighted by Crippen LogP contribution is 2.33. The Labute approximate surface area is 125 Å². The molecule has 0 unspecified atom stereocenters. The molecule has 5 nitrogen and oxygen atoms in total. The van der Waals surface area contributed by atoms with Crippen LogP contribution in [0.25, 0.3) is 0 Å². The fraction of sp³-hybridized carbons (Fsp3) is 0.562. The Hall–Kier alpha value is -1.75. The molecule has 0 spiro atoms. The van der Waals surface area contributed by atoms with Gasteiger partial charge in [0.05, 0.1) is 13.7 Å². The van der Waals surface area contributed by atoms with Gasteiger partial charge in [-0.25, -0.2) is 0 Å². The van der Waals surface area contributed by atoms with Crippen LogP contribution in [0.4, 0.5) is 0 Å². The number of nitrogens with one attached hydrogen (secondary N) is 1. The lowest BCUT2D eigenvalue weighted by atomic mass is 9.90. The van der Waals surface area contributed by atoms with E-state index < -0.39 is 5.97 Å². The fourth-order valence-electron chi connectivity index (χ4n) is 2.62. The molecule has 5 heteroatoms. The topological polar surface area (TPSA) is 67.8 Å². The quantitative estimate of drug-likeness (QED) is 0.756. The Bertz CT molecular complexity index is 469. The lowest BCUT2D eigenvalue weighted by Gasteiger charge is -2.23. The number of methoxy groups -OCH3 is 1. The van der Waals surface area contributed by atoms with E-state index in [1.54, 1.807) is 7.11 Å². The minimum absolute atomic E-state index is 0.121. The Balaban J connectivity index is 1.97. The highest BCUT2D eigenvalue weighted by Gasteiger charge is 2.17. The first-order valence-electron chi connectivity index (χ1n) is 7.44. The van der Waals surface area contributed by atoms with Crippen LogP contribution in [-0.2, 0) is 4.79 Å². The van der Waals surface area contributed by atoms with Crippen LogP contribution in [0, 0.1) is 0 Å². The zero-order valence-electron chi connectivity index (χ0n) is 12.4. The first-order valence-corrected chi connectivity index (χ1v) is 7.44. The lowest BCUT2D eigenvalue weighted by Crippen LogP contribution is -2.26. The normalized spacial score (nSPS) is 15.7. The smallest absolute Gasteiger partial charge is 0.303 e. The second kappa shape index (κ2) is 7.88. The van der Waals surface area contributed by atoms with Gasteiger partial charge < -0.3 is 19.9 Å². The third-order valence-electron chi connectivity index (χ3n) is 3.79. The van der Waals surface area contributed by atoms with Gasteiger partial charge in [0, 0.05) is 6.42 Å². The van der Waals surface area contributed by atoms with Crippen LogP contribution in [0.15, 0.2) is 18.2 Å². The van der Waals surface area contributed by atoms with E-state index in [4.69, 9.17) is 14.6 Å². The summed E-state index contributed by atoms with van der Waals surface area (Å²) in [5.41, 5.74) is 1.28. The molecule has 1 fully saturated rings. The minimum atomic E-state index is -0.799. The summed E-state index contributed by atoms with van der Waals surface area (Å²) >= 11 is 0. The number of hydrogen-bond donors (Lipinski definition) is 2. The number of carbonyl (C=O) groups is 1. The zero-order valence-corrected chi connectivity index (χ0v) is 12.4. The Kier molecular flexibility index (Phi) is 5.87. The predicted molar refractivity (Wildman–Crippen MR) is 80.2 cm³/mol. The highest BCUT2D eigenvalue weighted by molar-refractivity contribution is 5.66. The number of hydrogen-bond acceptors (Lipinski definition) is 4. The van der Waals surface area contributed by atoms with Crippen LogP contribution < -0.4 is 14.8 Å². The van der Waals surface area contributed by atoms with Gasteiger partial charge >= 0.3 is 5.97 Å². The summed E-state index contributed by atoms with van der Waals surface area (Å²) < 4.78 is 11.0. The number of carboxylic acids is 1. The average Bonchev–Trinajstić information content (AvgIpc) is 2.52. The number of carboxylic acid groups (broad SMARTS) is 1. The van der Waals surface area contributed by atoms with E-state index in [1.165, 1.54) is 5.56 Å². The van der Waals surface area contributed by atoms with Gasteiger partial charge in [-0.2, -0.15) is 0 Å². The maximum absolute atomic E-state index is 10.5. The van der Waals surface area contributed by atoms with Crippen molar-refractivity contribution in [2.24, 2.45) is 0 Å². The van der Waals surface area contributed by atoms with Crippen LogP contribution in [0.5, 0.6) is 11.5 Å². The van der Waals surface area contributed by atoms with Crippen LogP contribution in [0.2, 0.25) is 0 Å². The van der Waals surface area contributed by atoms with E-state index in [0.29, 0.717) is 24.7 Å². The maximum Gasteiger partial charge on any atom is 0.303 e. The molecule has 0 bridgehead atoms. The van der Waals surface area contributed by atoms with Gasteiger partial charge in [0.2, 0.25) is 0 Å². The van der Waals surface area contributed by atoms with Crippen molar-refractivity contribution in [2.75, 3.05) is 26.8 Å². The van der Waals surface area contributed by atoms with Crippen molar-refractivity contribution in [2.45, 2.75) is 31.6 Å². The molecule has 2 rings (SSSR count). The maximum atomic E-state index is 10.5. The molecule has 1 aromatic carbocycles. The van der Waals surface area contributed by atoms with E-state index in [2.05, 4.69) is 11.4 Å². The van der Waals surface area contributed by atoms with Crippen molar-refractivity contribution in [3.8, 4) is 11.5 Å². The van der Waals surface area contributed by atoms with Crippen molar-refractivity contribution < 1.29 is 19.4 Å². The van der Waals surface area contributed by atoms with Gasteiger partial charge in [0.1, 0.15) is 0 Å². The van der Waals surface area contributed by atoms with Gasteiger partial charge in [-0.15, -0.1) is 0 Å². The van der Waals surface area contributed by atoms with Crippen molar-refractivity contribution in [1.29, 1.82) is 0 Å². The molecule has 1 heterocycles. The lowest BCUT2D eigenvalue weighted by molar-refractivity contribution is -0.137. The average molecular weight is 293 g/mol. The summed E-state index contributed by atoms with van der Waals surface area (Å²) in [6.45, 7) is 2.50. The fourth-order valence-corrected chi connectivity index (χ4v) is 2.62. The van der Waals surface area contributed by atoms with Crippen LogP contribution in [-0.4, -0.2) is 37.9 Å². The molecular weight excluding hydrogens is 270 g/mol. The molecule has 21 heavy (non-hydrogen) atoms. The van der Waals surface area contributed by atoms with Crippen LogP contribution in [0.1, 0.15) is 37.2 Å². The van der Waals surface area contributed by atoms with E-state index in [-0.39, 0.29) is 6.42 Å². The molecule has 0 amide bonds. The molecule has 0 aliphatic carbocycles. The zero-order chi connectivity index (χ0) is 15.1. The summed E-state index contributed by atoms with van der Waals surface area (Å²) in [6.07, 6.45) is 2.90. The van der Waals surface area contributed by atoms with Crippen molar-refractivity contribution in [3.05, 3.63) is 23.8 Å². The molecule has 1 aromatic rings. The number of ether oxygens (including phenoxy) is 2. The number of rotatable bonds is 7. The van der Waals surface area contributed by atoms with Crippen LogP contribution >= 0.6 is 0 Å². The Morgan fingerprint density at radius 3 is 2.76 bits per heavy atom. The monoisotopic (exact) mass is 293 g/mol. The van der Waals surface area contributed by atoms with Gasteiger partial charge in [-0.05, 0) is 56.0 Å². The molecule has 0 aromatic heterocycles. The van der Waals surface area contributed by atoms with Gasteiger partial charge in [0.25, 0.3) is 0 Å². The third-order valence-corrected chi connectivity index (χ3v) is 3.79. The molecule has 1 saturated heterocycles. The highest BCUT2D eigenvalue weighted by atomic mass is 16.5. The molecule has 0 radical (unpaired) electrons. The Morgan fingerprint density at radius 2 is 2.10 bits per heavy atom. The van der Waals surface area contributed by atoms with Crippen molar-refractivity contribution in [3.63, 3.8) is 0 Å². The molecular formula is C16H23NO4.